The van der Waals surface area contributed by atoms with E-state index in [0.717, 1.165) is 6.92 Å². The second-order valence-electron chi connectivity index (χ2n) is 2.52. The van der Waals surface area contributed by atoms with Crippen LogP contribution >= 0.6 is 0 Å². The van der Waals surface area contributed by atoms with Gasteiger partial charge < -0.3 is 0 Å². The lowest BCUT2D eigenvalue weighted by molar-refractivity contribution is -0.387. The first kappa shape index (κ1) is 10.4. The molecular formula is C7H5F3N2O2. The summed E-state index contributed by atoms with van der Waals surface area (Å²) in [4.78, 5) is 12.4. The van der Waals surface area contributed by atoms with E-state index in [-0.39, 0.29) is 0 Å². The molecule has 0 fully saturated rings. The molecule has 76 valence electrons. The Bertz CT molecular complexity index is 381. The Balaban J connectivity index is 3.35. The Morgan fingerprint density at radius 3 is 2.57 bits per heavy atom. The number of halogens is 3. The lowest BCUT2D eigenvalue weighted by Gasteiger charge is -2.02. The number of aromatic nitrogens is 1. The van der Waals surface area contributed by atoms with Crippen LogP contribution in [0.2, 0.25) is 0 Å². The third kappa shape index (κ3) is 1.81. The number of nitro groups is 1. The van der Waals surface area contributed by atoms with Crippen LogP contribution in [0, 0.1) is 22.9 Å². The summed E-state index contributed by atoms with van der Waals surface area (Å²) in [5, 5.41) is 10.2. The van der Waals surface area contributed by atoms with Gasteiger partial charge in [-0.25, -0.2) is 13.8 Å². The van der Waals surface area contributed by atoms with Crippen LogP contribution in [0.25, 0.3) is 0 Å². The molecule has 0 aliphatic rings. The molecule has 0 saturated carbocycles. The first-order valence-corrected chi connectivity index (χ1v) is 3.53. The van der Waals surface area contributed by atoms with Gasteiger partial charge in [0.15, 0.2) is 0 Å². The van der Waals surface area contributed by atoms with Gasteiger partial charge in [-0.3, -0.25) is 10.1 Å². The first-order chi connectivity index (χ1) is 6.43. The van der Waals surface area contributed by atoms with Crippen molar-refractivity contribution in [3.63, 3.8) is 0 Å². The van der Waals surface area contributed by atoms with E-state index in [9.17, 15) is 23.3 Å². The largest absolute Gasteiger partial charge is 0.308 e. The highest BCUT2D eigenvalue weighted by Crippen LogP contribution is 2.25. The Morgan fingerprint density at radius 2 is 2.14 bits per heavy atom. The first-order valence-electron chi connectivity index (χ1n) is 3.53. The minimum atomic E-state index is -2.95. The molecule has 7 heteroatoms. The number of aryl methyl sites for hydroxylation is 1. The fraction of sp³-hybridized carbons (Fsp3) is 0.286. The molecule has 4 nitrogen and oxygen atoms in total. The minimum absolute atomic E-state index is 0.408. The maximum Gasteiger partial charge on any atom is 0.308 e. The van der Waals surface area contributed by atoms with Crippen molar-refractivity contribution in [3.05, 3.63) is 33.4 Å². The second-order valence-corrected chi connectivity index (χ2v) is 2.52. The average Bonchev–Trinajstić information content (AvgIpc) is 2.08. The van der Waals surface area contributed by atoms with E-state index in [1.165, 1.54) is 0 Å². The van der Waals surface area contributed by atoms with Gasteiger partial charge in [-0.15, -0.1) is 0 Å². The summed E-state index contributed by atoms with van der Waals surface area (Å²) in [6, 6.07) is 0.438. The van der Waals surface area contributed by atoms with Gasteiger partial charge in [0.2, 0.25) is 5.82 Å². The van der Waals surface area contributed by atoms with Crippen molar-refractivity contribution < 1.29 is 18.1 Å². The molecule has 0 saturated heterocycles. The summed E-state index contributed by atoms with van der Waals surface area (Å²) in [7, 11) is 0. The predicted molar refractivity (Wildman–Crippen MR) is 40.5 cm³/mol. The molecule has 14 heavy (non-hydrogen) atoms. The number of hydrogen-bond donors (Lipinski definition) is 0. The molecule has 1 heterocycles. The fourth-order valence-corrected chi connectivity index (χ4v) is 0.908. The van der Waals surface area contributed by atoms with Crippen LogP contribution < -0.4 is 0 Å². The van der Waals surface area contributed by atoms with Crippen LogP contribution in [-0.2, 0) is 0 Å². The zero-order valence-corrected chi connectivity index (χ0v) is 7.00. The zero-order chi connectivity index (χ0) is 10.9. The van der Waals surface area contributed by atoms with Crippen molar-refractivity contribution >= 4 is 5.69 Å². The highest BCUT2D eigenvalue weighted by molar-refractivity contribution is 5.35. The molecule has 0 aliphatic carbocycles. The normalized spacial score (nSPS) is 10.6. The number of rotatable bonds is 2. The summed E-state index contributed by atoms with van der Waals surface area (Å²) in [5.41, 5.74) is -2.18. The van der Waals surface area contributed by atoms with Crippen molar-refractivity contribution in [2.24, 2.45) is 0 Å². The van der Waals surface area contributed by atoms with E-state index in [1.54, 1.807) is 0 Å². The molecule has 0 spiro atoms. The molecule has 0 radical (unpaired) electrons. The van der Waals surface area contributed by atoms with Gasteiger partial charge in [0.25, 0.3) is 6.43 Å². The Morgan fingerprint density at radius 1 is 1.57 bits per heavy atom. The van der Waals surface area contributed by atoms with Gasteiger partial charge >= 0.3 is 5.69 Å². The molecule has 0 aromatic carbocycles. The van der Waals surface area contributed by atoms with Gasteiger partial charge in [-0.2, -0.15) is 4.39 Å². The number of nitrogens with zero attached hydrogens (tertiary/aromatic N) is 2. The molecule has 1 rings (SSSR count). The van der Waals surface area contributed by atoms with E-state index in [2.05, 4.69) is 4.98 Å². The Hall–Kier alpha value is -1.66. The summed E-state index contributed by atoms with van der Waals surface area (Å²) < 4.78 is 37.2. The monoisotopic (exact) mass is 206 g/mol. The Kier molecular flexibility index (Phi) is 2.68. The van der Waals surface area contributed by atoms with Crippen LogP contribution in [-0.4, -0.2) is 9.91 Å². The summed E-state index contributed by atoms with van der Waals surface area (Å²) in [6.07, 6.45) is -2.95. The topological polar surface area (TPSA) is 56.0 Å². The average molecular weight is 206 g/mol. The number of hydrogen-bond acceptors (Lipinski definition) is 3. The number of pyridine rings is 1. The van der Waals surface area contributed by atoms with Crippen LogP contribution in [0.4, 0.5) is 18.9 Å². The molecule has 0 aliphatic heterocycles. The second kappa shape index (κ2) is 3.60. The highest BCUT2D eigenvalue weighted by atomic mass is 19.3. The molecule has 0 atom stereocenters. The number of alkyl halides is 2. The van der Waals surface area contributed by atoms with Crippen LogP contribution in [0.5, 0.6) is 0 Å². The van der Waals surface area contributed by atoms with E-state index in [0.29, 0.717) is 6.07 Å². The Labute approximate surface area is 76.5 Å². The van der Waals surface area contributed by atoms with Gasteiger partial charge in [0.05, 0.1) is 10.6 Å². The predicted octanol–water partition coefficient (Wildman–Crippen LogP) is 2.37. The fourth-order valence-electron chi connectivity index (χ4n) is 0.908. The SMILES string of the molecule is Cc1nc(C(F)F)cc([N+](=O)[O-])c1F. The standard InChI is InChI=1S/C7H5F3N2O2/c1-3-6(8)5(12(13)14)2-4(11-3)7(9)10/h2,7H,1H3. The van der Waals surface area contributed by atoms with Gasteiger partial charge in [-0.05, 0) is 6.92 Å². The third-order valence-corrected chi connectivity index (χ3v) is 1.54. The molecule has 1 aromatic rings. The maximum atomic E-state index is 12.9. The molecule has 0 bridgehead atoms. The maximum absolute atomic E-state index is 12.9. The zero-order valence-electron chi connectivity index (χ0n) is 7.00. The summed E-state index contributed by atoms with van der Waals surface area (Å²) >= 11 is 0. The van der Waals surface area contributed by atoms with E-state index < -0.39 is 34.2 Å². The van der Waals surface area contributed by atoms with Crippen molar-refractivity contribution in [2.45, 2.75) is 13.3 Å². The van der Waals surface area contributed by atoms with Crippen LogP contribution in [0.1, 0.15) is 17.8 Å². The molecular weight excluding hydrogens is 201 g/mol. The van der Waals surface area contributed by atoms with Crippen molar-refractivity contribution in [1.29, 1.82) is 0 Å². The van der Waals surface area contributed by atoms with Crippen molar-refractivity contribution in [2.75, 3.05) is 0 Å². The van der Waals surface area contributed by atoms with E-state index in [4.69, 9.17) is 0 Å². The molecule has 0 unspecified atom stereocenters. The van der Waals surface area contributed by atoms with Gasteiger partial charge in [-0.1, -0.05) is 0 Å². The smallest absolute Gasteiger partial charge is 0.258 e. The molecule has 0 amide bonds. The lowest BCUT2D eigenvalue weighted by Crippen LogP contribution is -2.01. The van der Waals surface area contributed by atoms with Crippen LogP contribution in [0.3, 0.4) is 0 Å². The van der Waals surface area contributed by atoms with Crippen molar-refractivity contribution in [3.8, 4) is 0 Å². The van der Waals surface area contributed by atoms with Crippen LogP contribution in [0.15, 0.2) is 6.07 Å². The molecule has 0 N–H and O–H groups in total. The van der Waals surface area contributed by atoms with Gasteiger partial charge in [0.1, 0.15) is 5.69 Å². The summed E-state index contributed by atoms with van der Waals surface area (Å²) in [5.74, 6) is -1.18. The minimum Gasteiger partial charge on any atom is -0.258 e. The summed E-state index contributed by atoms with van der Waals surface area (Å²) in [6.45, 7) is 1.09. The molecule has 1 aromatic heterocycles. The van der Waals surface area contributed by atoms with E-state index in [1.807, 2.05) is 0 Å². The quantitative estimate of drug-likeness (QED) is 0.551. The van der Waals surface area contributed by atoms with E-state index >= 15 is 0 Å². The van der Waals surface area contributed by atoms with Gasteiger partial charge in [0, 0.05) is 6.07 Å². The third-order valence-electron chi connectivity index (χ3n) is 1.54. The van der Waals surface area contributed by atoms with Crippen molar-refractivity contribution in [1.82, 2.24) is 4.98 Å². The highest BCUT2D eigenvalue weighted by Gasteiger charge is 2.22. The lowest BCUT2D eigenvalue weighted by atomic mass is 10.2.